The summed E-state index contributed by atoms with van der Waals surface area (Å²) in [7, 11) is 0. The molecule has 0 saturated carbocycles. The van der Waals surface area contributed by atoms with Crippen molar-refractivity contribution in [1.29, 1.82) is 0 Å². The number of anilines is 1. The van der Waals surface area contributed by atoms with Gasteiger partial charge in [0.25, 0.3) is 0 Å². The molecule has 200 valence electrons. The van der Waals surface area contributed by atoms with E-state index in [1.807, 2.05) is 12.3 Å². The van der Waals surface area contributed by atoms with Gasteiger partial charge in [-0.05, 0) is 62.6 Å². The first-order chi connectivity index (χ1) is 18.5. The van der Waals surface area contributed by atoms with Crippen LogP contribution in [0.1, 0.15) is 63.4 Å². The topological polar surface area (TPSA) is 24.3 Å². The van der Waals surface area contributed by atoms with Gasteiger partial charge in [0.1, 0.15) is 11.6 Å². The largest absolute Gasteiger partial charge is 0.372 e. The fraction of sp³-hybridized carbons (Fsp3) is 0.364. The first kappa shape index (κ1) is 27.6. The lowest BCUT2D eigenvalue weighted by molar-refractivity contribution is 0.185. The molecule has 0 amide bonds. The number of nitrogens with zero attached hydrogens (tertiary/aromatic N) is 4. The quantitative estimate of drug-likeness (QED) is 0.181. The molecule has 5 heteroatoms. The number of halogens is 1. The van der Waals surface area contributed by atoms with Crippen LogP contribution in [-0.4, -0.2) is 27.5 Å². The first-order valence-electron chi connectivity index (χ1n) is 14.0. The van der Waals surface area contributed by atoms with Crippen LogP contribution in [0, 0.1) is 5.82 Å². The van der Waals surface area contributed by atoms with Crippen molar-refractivity contribution in [2.75, 3.05) is 18.0 Å². The lowest BCUT2D eigenvalue weighted by Gasteiger charge is -2.30. The van der Waals surface area contributed by atoms with Crippen LogP contribution in [0.5, 0.6) is 0 Å². The van der Waals surface area contributed by atoms with Gasteiger partial charge in [-0.3, -0.25) is 4.90 Å². The van der Waals surface area contributed by atoms with Crippen LogP contribution < -0.4 is 4.90 Å². The van der Waals surface area contributed by atoms with Gasteiger partial charge in [-0.15, -0.1) is 0 Å². The van der Waals surface area contributed by atoms with Gasteiger partial charge in [-0.25, -0.2) is 9.37 Å². The molecule has 0 saturated heterocycles. The second-order valence-corrected chi connectivity index (χ2v) is 9.93. The maximum absolute atomic E-state index is 14.1. The van der Waals surface area contributed by atoms with E-state index in [9.17, 15) is 4.39 Å². The van der Waals surface area contributed by atoms with Crippen LogP contribution in [0.4, 0.5) is 10.1 Å². The molecule has 0 radical (unpaired) electrons. The van der Waals surface area contributed by atoms with E-state index < -0.39 is 0 Å². The van der Waals surface area contributed by atoms with Gasteiger partial charge in [0.05, 0.1) is 11.9 Å². The van der Waals surface area contributed by atoms with E-state index in [-0.39, 0.29) is 11.9 Å². The molecule has 4 rings (SSSR count). The third-order valence-electron chi connectivity index (χ3n) is 7.36. The van der Waals surface area contributed by atoms with Crippen LogP contribution >= 0.6 is 0 Å². The Morgan fingerprint density at radius 1 is 0.842 bits per heavy atom. The highest BCUT2D eigenvalue weighted by atomic mass is 19.1. The Labute approximate surface area is 227 Å². The highest BCUT2D eigenvalue weighted by Gasteiger charge is 2.23. The summed E-state index contributed by atoms with van der Waals surface area (Å²) in [5, 5.41) is 0. The molecule has 1 unspecified atom stereocenters. The molecule has 1 aromatic heterocycles. The molecule has 4 nitrogen and oxygen atoms in total. The van der Waals surface area contributed by atoms with E-state index in [1.165, 1.54) is 22.9 Å². The SMILES string of the molecule is CCCCn1c(C(C)N(Cc2ccccc2)Cc2ccc(N(CC)CC)cc2)cnc1-c1cccc(F)c1. The minimum atomic E-state index is -0.235. The second kappa shape index (κ2) is 13.4. The molecule has 0 aliphatic rings. The second-order valence-electron chi connectivity index (χ2n) is 9.93. The van der Waals surface area contributed by atoms with Crippen LogP contribution in [-0.2, 0) is 19.6 Å². The number of hydrogen-bond acceptors (Lipinski definition) is 3. The van der Waals surface area contributed by atoms with E-state index in [0.717, 1.165) is 62.6 Å². The molecule has 1 heterocycles. The predicted octanol–water partition coefficient (Wildman–Crippen LogP) is 8.10. The Kier molecular flexibility index (Phi) is 9.72. The summed E-state index contributed by atoms with van der Waals surface area (Å²) in [5.74, 6) is 0.601. The minimum absolute atomic E-state index is 0.115. The molecule has 3 aromatic carbocycles. The van der Waals surface area contributed by atoms with Crippen molar-refractivity contribution in [3.8, 4) is 11.4 Å². The average Bonchev–Trinajstić information content (AvgIpc) is 3.37. The molecule has 0 N–H and O–H groups in total. The van der Waals surface area contributed by atoms with Crippen LogP contribution in [0.3, 0.4) is 0 Å². The van der Waals surface area contributed by atoms with Crippen molar-refractivity contribution >= 4 is 5.69 Å². The van der Waals surface area contributed by atoms with Crippen molar-refractivity contribution in [3.63, 3.8) is 0 Å². The molecule has 0 fully saturated rings. The highest BCUT2D eigenvalue weighted by molar-refractivity contribution is 5.56. The number of hydrogen-bond donors (Lipinski definition) is 0. The number of imidazole rings is 1. The van der Waals surface area contributed by atoms with E-state index in [1.54, 1.807) is 12.1 Å². The standard InChI is InChI=1S/C33H41FN4/c1-5-8-21-38-32(23-35-33(38)29-15-12-16-30(34)22-29)26(4)37(24-27-13-10-9-11-14-27)25-28-17-19-31(20-18-28)36(6-2)7-3/h9-20,22-23,26H,5-8,21,24-25H2,1-4H3. The lowest BCUT2D eigenvalue weighted by Crippen LogP contribution is -2.28. The Bertz CT molecular complexity index is 1260. The van der Waals surface area contributed by atoms with Gasteiger partial charge in [-0.2, -0.15) is 0 Å². The van der Waals surface area contributed by atoms with Gasteiger partial charge in [-0.1, -0.05) is 67.9 Å². The Morgan fingerprint density at radius 2 is 1.53 bits per heavy atom. The maximum Gasteiger partial charge on any atom is 0.140 e. The van der Waals surface area contributed by atoms with Gasteiger partial charge < -0.3 is 9.47 Å². The normalized spacial score (nSPS) is 12.2. The number of benzene rings is 3. The zero-order valence-corrected chi connectivity index (χ0v) is 23.3. The van der Waals surface area contributed by atoms with E-state index in [2.05, 4.69) is 96.7 Å². The third kappa shape index (κ3) is 6.70. The monoisotopic (exact) mass is 512 g/mol. The Balaban J connectivity index is 1.67. The lowest BCUT2D eigenvalue weighted by atomic mass is 10.1. The van der Waals surface area contributed by atoms with E-state index in [0.29, 0.717) is 0 Å². The number of aromatic nitrogens is 2. The number of unbranched alkanes of at least 4 members (excludes halogenated alkanes) is 1. The van der Waals surface area contributed by atoms with Crippen molar-refractivity contribution in [3.05, 3.63) is 108 Å². The third-order valence-corrected chi connectivity index (χ3v) is 7.36. The molecule has 0 spiro atoms. The summed E-state index contributed by atoms with van der Waals surface area (Å²) in [4.78, 5) is 9.69. The first-order valence-corrected chi connectivity index (χ1v) is 14.0. The van der Waals surface area contributed by atoms with Crippen molar-refractivity contribution in [2.45, 2.75) is 66.2 Å². The molecular formula is C33H41FN4. The van der Waals surface area contributed by atoms with Crippen LogP contribution in [0.15, 0.2) is 85.1 Å². The van der Waals surface area contributed by atoms with Crippen molar-refractivity contribution in [1.82, 2.24) is 14.5 Å². The molecule has 4 aromatic rings. The molecular weight excluding hydrogens is 471 g/mol. The summed E-state index contributed by atoms with van der Waals surface area (Å²) < 4.78 is 16.4. The smallest absolute Gasteiger partial charge is 0.140 e. The molecule has 38 heavy (non-hydrogen) atoms. The van der Waals surface area contributed by atoms with Crippen LogP contribution in [0.25, 0.3) is 11.4 Å². The maximum atomic E-state index is 14.1. The summed E-state index contributed by atoms with van der Waals surface area (Å²) in [6.45, 7) is 13.4. The van der Waals surface area contributed by atoms with Gasteiger partial charge >= 0.3 is 0 Å². The minimum Gasteiger partial charge on any atom is -0.372 e. The summed E-state index contributed by atoms with van der Waals surface area (Å²) in [6, 6.07) is 26.5. The van der Waals surface area contributed by atoms with E-state index in [4.69, 9.17) is 4.98 Å². The Morgan fingerprint density at radius 3 is 2.16 bits per heavy atom. The van der Waals surface area contributed by atoms with Gasteiger partial charge in [0.15, 0.2) is 0 Å². The summed E-state index contributed by atoms with van der Waals surface area (Å²) in [5.41, 5.74) is 5.81. The van der Waals surface area contributed by atoms with Gasteiger partial charge in [0.2, 0.25) is 0 Å². The molecule has 0 aliphatic carbocycles. The zero-order chi connectivity index (χ0) is 26.9. The molecule has 1 atom stereocenters. The van der Waals surface area contributed by atoms with Crippen molar-refractivity contribution < 1.29 is 4.39 Å². The highest BCUT2D eigenvalue weighted by Crippen LogP contribution is 2.30. The Hall–Kier alpha value is -3.44. The van der Waals surface area contributed by atoms with Crippen molar-refractivity contribution in [2.24, 2.45) is 0 Å². The van der Waals surface area contributed by atoms with E-state index >= 15 is 0 Å². The molecule has 0 bridgehead atoms. The fourth-order valence-corrected chi connectivity index (χ4v) is 5.10. The van der Waals surface area contributed by atoms with Crippen LogP contribution in [0.2, 0.25) is 0 Å². The summed E-state index contributed by atoms with van der Waals surface area (Å²) in [6.07, 6.45) is 4.12. The number of rotatable bonds is 13. The predicted molar refractivity (Wildman–Crippen MR) is 157 cm³/mol. The fourth-order valence-electron chi connectivity index (χ4n) is 5.10. The average molecular weight is 513 g/mol. The zero-order valence-electron chi connectivity index (χ0n) is 23.3. The van der Waals surface area contributed by atoms with Gasteiger partial charge in [0, 0.05) is 50.0 Å². The summed E-state index contributed by atoms with van der Waals surface area (Å²) >= 11 is 0. The molecule has 0 aliphatic heterocycles.